The number of halogens is 2. The van der Waals surface area contributed by atoms with Gasteiger partial charge in [-0.1, -0.05) is 0 Å². The molecule has 0 spiro atoms. The topological polar surface area (TPSA) is 49.6 Å². The number of hydrazone groups is 1. The molecule has 0 amide bonds. The van der Waals surface area contributed by atoms with Crippen molar-refractivity contribution < 1.29 is 13.2 Å². The van der Waals surface area contributed by atoms with E-state index in [4.69, 9.17) is 16.6 Å². The number of hydrogen-bond acceptors (Lipinski definition) is 3. The van der Waals surface area contributed by atoms with Crippen molar-refractivity contribution in [3.63, 3.8) is 0 Å². The molecule has 1 aromatic carbocycles. The number of benzene rings is 1. The fourth-order valence-corrected chi connectivity index (χ4v) is 1.81. The standard InChI is InChI=1S/C14H13F2N3OS/c1-2-17-14(21)19-18-8-10-4-6-13(20-10)11-5-3-9(15)7-12(11)16/h3-8H,2H2,1H3,(H2,17,19,21)/b18-8-. The Balaban J connectivity index is 2.07. The number of furan rings is 1. The second kappa shape index (κ2) is 6.94. The second-order valence-electron chi connectivity index (χ2n) is 4.06. The first kappa shape index (κ1) is 15.1. The van der Waals surface area contributed by atoms with Crippen molar-refractivity contribution in [3.05, 3.63) is 47.7 Å². The second-order valence-corrected chi connectivity index (χ2v) is 4.46. The zero-order chi connectivity index (χ0) is 15.2. The Bertz CT molecular complexity index is 670. The van der Waals surface area contributed by atoms with E-state index < -0.39 is 11.6 Å². The van der Waals surface area contributed by atoms with Gasteiger partial charge in [0.2, 0.25) is 0 Å². The molecule has 2 N–H and O–H groups in total. The molecule has 0 atom stereocenters. The number of hydrogen-bond donors (Lipinski definition) is 2. The maximum atomic E-state index is 13.6. The van der Waals surface area contributed by atoms with Gasteiger partial charge in [0.05, 0.1) is 11.8 Å². The van der Waals surface area contributed by atoms with Gasteiger partial charge in [-0.25, -0.2) is 8.78 Å². The molecule has 0 radical (unpaired) electrons. The minimum Gasteiger partial charge on any atom is -0.455 e. The van der Waals surface area contributed by atoms with E-state index >= 15 is 0 Å². The van der Waals surface area contributed by atoms with Gasteiger partial charge >= 0.3 is 0 Å². The molecule has 1 aromatic heterocycles. The van der Waals surface area contributed by atoms with E-state index in [9.17, 15) is 8.78 Å². The Hall–Kier alpha value is -2.28. The van der Waals surface area contributed by atoms with Crippen LogP contribution in [0.5, 0.6) is 0 Å². The highest BCUT2D eigenvalue weighted by molar-refractivity contribution is 7.80. The van der Waals surface area contributed by atoms with Crippen LogP contribution in [-0.4, -0.2) is 17.9 Å². The lowest BCUT2D eigenvalue weighted by Gasteiger charge is -2.01. The van der Waals surface area contributed by atoms with Crippen LogP contribution in [0.15, 0.2) is 39.9 Å². The van der Waals surface area contributed by atoms with Gasteiger partial charge in [-0.2, -0.15) is 5.10 Å². The molecule has 110 valence electrons. The molecule has 0 saturated carbocycles. The molecule has 1 heterocycles. The summed E-state index contributed by atoms with van der Waals surface area (Å²) in [7, 11) is 0. The average molecular weight is 309 g/mol. The van der Waals surface area contributed by atoms with Crippen LogP contribution in [0.25, 0.3) is 11.3 Å². The van der Waals surface area contributed by atoms with Crippen molar-refractivity contribution in [2.75, 3.05) is 6.54 Å². The third-order valence-corrected chi connectivity index (χ3v) is 2.75. The van der Waals surface area contributed by atoms with Crippen LogP contribution in [0.1, 0.15) is 12.7 Å². The van der Waals surface area contributed by atoms with Gasteiger partial charge in [-0.3, -0.25) is 5.43 Å². The van der Waals surface area contributed by atoms with Gasteiger partial charge in [-0.05, 0) is 43.4 Å². The molecule has 0 unspecified atom stereocenters. The van der Waals surface area contributed by atoms with E-state index in [1.165, 1.54) is 18.3 Å². The van der Waals surface area contributed by atoms with Crippen molar-refractivity contribution >= 4 is 23.5 Å². The number of thiocarbonyl (C=S) groups is 1. The van der Waals surface area contributed by atoms with E-state index in [1.54, 1.807) is 12.1 Å². The third-order valence-electron chi connectivity index (χ3n) is 2.52. The van der Waals surface area contributed by atoms with E-state index in [2.05, 4.69) is 15.8 Å². The zero-order valence-electron chi connectivity index (χ0n) is 11.2. The summed E-state index contributed by atoms with van der Waals surface area (Å²) in [6, 6.07) is 6.51. The summed E-state index contributed by atoms with van der Waals surface area (Å²) < 4.78 is 31.9. The SMILES string of the molecule is CCNC(=S)N/N=C\c1ccc(-c2ccc(F)cc2F)o1. The van der Waals surface area contributed by atoms with Crippen molar-refractivity contribution in [3.8, 4) is 11.3 Å². The van der Waals surface area contributed by atoms with Gasteiger partial charge in [0, 0.05) is 12.6 Å². The molecule has 4 nitrogen and oxygen atoms in total. The molecule has 7 heteroatoms. The van der Waals surface area contributed by atoms with Crippen LogP contribution in [-0.2, 0) is 0 Å². The lowest BCUT2D eigenvalue weighted by molar-refractivity contribution is 0.556. The number of nitrogens with one attached hydrogen (secondary N) is 2. The fourth-order valence-electron chi connectivity index (χ4n) is 1.61. The van der Waals surface area contributed by atoms with Gasteiger partial charge < -0.3 is 9.73 Å². The first-order valence-electron chi connectivity index (χ1n) is 6.22. The smallest absolute Gasteiger partial charge is 0.186 e. The van der Waals surface area contributed by atoms with E-state index in [0.29, 0.717) is 23.2 Å². The monoisotopic (exact) mass is 309 g/mol. The van der Waals surface area contributed by atoms with Gasteiger partial charge in [-0.15, -0.1) is 0 Å². The maximum Gasteiger partial charge on any atom is 0.186 e. The first-order chi connectivity index (χ1) is 10.1. The molecule has 0 aliphatic carbocycles. The van der Waals surface area contributed by atoms with Crippen molar-refractivity contribution in [1.29, 1.82) is 0 Å². The quantitative estimate of drug-likeness (QED) is 0.518. The molecular weight excluding hydrogens is 296 g/mol. The van der Waals surface area contributed by atoms with Gasteiger partial charge in [0.15, 0.2) is 5.11 Å². The summed E-state index contributed by atoms with van der Waals surface area (Å²) >= 11 is 4.93. The van der Waals surface area contributed by atoms with Crippen LogP contribution < -0.4 is 10.7 Å². The summed E-state index contributed by atoms with van der Waals surface area (Å²) in [6.07, 6.45) is 1.41. The maximum absolute atomic E-state index is 13.6. The predicted molar refractivity (Wildman–Crippen MR) is 81.1 cm³/mol. The van der Waals surface area contributed by atoms with E-state index in [1.807, 2.05) is 6.92 Å². The van der Waals surface area contributed by atoms with Crippen molar-refractivity contribution in [2.45, 2.75) is 6.92 Å². The van der Waals surface area contributed by atoms with Gasteiger partial charge in [0.25, 0.3) is 0 Å². The third kappa shape index (κ3) is 4.09. The number of rotatable bonds is 4. The largest absolute Gasteiger partial charge is 0.455 e. The average Bonchev–Trinajstić information content (AvgIpc) is 2.87. The normalized spacial score (nSPS) is 10.8. The highest BCUT2D eigenvalue weighted by Gasteiger charge is 2.10. The van der Waals surface area contributed by atoms with Crippen molar-refractivity contribution in [2.24, 2.45) is 5.10 Å². The first-order valence-corrected chi connectivity index (χ1v) is 6.63. The van der Waals surface area contributed by atoms with E-state index in [-0.39, 0.29) is 5.56 Å². The summed E-state index contributed by atoms with van der Waals surface area (Å²) in [5, 5.41) is 7.14. The highest BCUT2D eigenvalue weighted by atomic mass is 32.1. The summed E-state index contributed by atoms with van der Waals surface area (Å²) in [5.41, 5.74) is 2.79. The summed E-state index contributed by atoms with van der Waals surface area (Å²) in [4.78, 5) is 0. The van der Waals surface area contributed by atoms with Crippen molar-refractivity contribution in [1.82, 2.24) is 10.7 Å². The molecule has 0 fully saturated rings. The molecule has 0 saturated heterocycles. The van der Waals surface area contributed by atoms with Crippen LogP contribution in [0.3, 0.4) is 0 Å². The predicted octanol–water partition coefficient (Wildman–Crippen LogP) is 3.04. The Morgan fingerprint density at radius 3 is 2.86 bits per heavy atom. The minimum atomic E-state index is -0.681. The lowest BCUT2D eigenvalue weighted by Crippen LogP contribution is -2.31. The Labute approximate surface area is 125 Å². The molecule has 0 bridgehead atoms. The highest BCUT2D eigenvalue weighted by Crippen LogP contribution is 2.24. The van der Waals surface area contributed by atoms with Gasteiger partial charge in [0.1, 0.15) is 23.2 Å². The molecule has 0 aliphatic rings. The van der Waals surface area contributed by atoms with Crippen LogP contribution >= 0.6 is 12.2 Å². The molecule has 2 rings (SSSR count). The minimum absolute atomic E-state index is 0.187. The van der Waals surface area contributed by atoms with Crippen LogP contribution in [0, 0.1) is 11.6 Å². The molecule has 2 aromatic rings. The fraction of sp³-hybridized carbons (Fsp3) is 0.143. The van der Waals surface area contributed by atoms with Crippen LogP contribution in [0.2, 0.25) is 0 Å². The zero-order valence-corrected chi connectivity index (χ0v) is 12.0. The molecular formula is C14H13F2N3OS. The molecule has 0 aliphatic heterocycles. The lowest BCUT2D eigenvalue weighted by atomic mass is 10.1. The molecule has 21 heavy (non-hydrogen) atoms. The van der Waals surface area contributed by atoms with E-state index in [0.717, 1.165) is 6.07 Å². The Morgan fingerprint density at radius 2 is 2.14 bits per heavy atom. The summed E-state index contributed by atoms with van der Waals surface area (Å²) in [6.45, 7) is 2.60. The Morgan fingerprint density at radius 1 is 1.33 bits per heavy atom. The number of nitrogens with zero attached hydrogens (tertiary/aromatic N) is 1. The Kier molecular flexibility index (Phi) is 4.99. The van der Waals surface area contributed by atoms with Crippen LogP contribution in [0.4, 0.5) is 8.78 Å². The summed E-state index contributed by atoms with van der Waals surface area (Å²) in [5.74, 6) is -0.603.